The van der Waals surface area contributed by atoms with Gasteiger partial charge in [0.05, 0.1) is 24.6 Å². The first-order chi connectivity index (χ1) is 18.0. The Morgan fingerprint density at radius 3 is 2.37 bits per heavy atom. The Balaban J connectivity index is 1.65. The number of carbonyl (C=O) groups is 2. The molecule has 1 heterocycles. The second-order valence-corrected chi connectivity index (χ2v) is 9.86. The lowest BCUT2D eigenvalue weighted by molar-refractivity contribution is -0.274. The lowest BCUT2D eigenvalue weighted by atomic mass is 9.80. The Morgan fingerprint density at radius 1 is 1.05 bits per heavy atom. The Labute approximate surface area is 218 Å². The predicted molar refractivity (Wildman–Crippen MR) is 136 cm³/mol. The maximum absolute atomic E-state index is 12.8. The largest absolute Gasteiger partial charge is 0.573 e. The predicted octanol–water partition coefficient (Wildman–Crippen LogP) is 5.97. The number of rotatable bonds is 8. The van der Waals surface area contributed by atoms with Gasteiger partial charge in [-0.3, -0.25) is 9.59 Å². The van der Waals surface area contributed by atoms with Crippen molar-refractivity contribution in [2.75, 3.05) is 19.0 Å². The van der Waals surface area contributed by atoms with Crippen LogP contribution in [0.2, 0.25) is 0 Å². The second kappa shape index (κ2) is 11.3. The van der Waals surface area contributed by atoms with Crippen molar-refractivity contribution in [3.8, 4) is 5.75 Å². The van der Waals surface area contributed by atoms with E-state index in [9.17, 15) is 22.8 Å². The lowest BCUT2D eigenvalue weighted by Crippen LogP contribution is -2.26. The number of methoxy groups -OCH3 is 1. The number of alkyl halides is 3. The molecule has 1 fully saturated rings. The molecule has 1 aliphatic carbocycles. The molecule has 0 aliphatic heterocycles. The first-order valence-electron chi connectivity index (χ1n) is 12.5. The number of nitrogens with zero attached hydrogens (tertiary/aromatic N) is 2. The van der Waals surface area contributed by atoms with Crippen LogP contribution < -0.4 is 15.4 Å². The molecule has 1 saturated carbocycles. The quantitative estimate of drug-likeness (QED) is 0.347. The van der Waals surface area contributed by atoms with Gasteiger partial charge in [0, 0.05) is 23.8 Å². The van der Waals surface area contributed by atoms with Gasteiger partial charge in [0.15, 0.2) is 0 Å². The fourth-order valence-electron chi connectivity index (χ4n) is 5.16. The van der Waals surface area contributed by atoms with E-state index in [1.165, 1.54) is 31.4 Å². The number of anilines is 2. The Kier molecular flexibility index (Phi) is 8.13. The number of benzene rings is 2. The highest BCUT2D eigenvalue weighted by molar-refractivity contribution is 5.98. The van der Waals surface area contributed by atoms with E-state index in [0.29, 0.717) is 34.6 Å². The third-order valence-corrected chi connectivity index (χ3v) is 6.66. The monoisotopic (exact) mass is 532 g/mol. The van der Waals surface area contributed by atoms with Crippen LogP contribution in [0.5, 0.6) is 5.75 Å². The summed E-state index contributed by atoms with van der Waals surface area (Å²) in [6.45, 7) is 4.59. The van der Waals surface area contributed by atoms with Crippen LogP contribution in [0.4, 0.5) is 24.8 Å². The van der Waals surface area contributed by atoms with E-state index in [1.54, 1.807) is 18.2 Å². The van der Waals surface area contributed by atoms with Crippen molar-refractivity contribution in [1.82, 2.24) is 14.9 Å². The normalized spacial score (nSPS) is 19.7. The van der Waals surface area contributed by atoms with Crippen LogP contribution in [0.25, 0.3) is 11.0 Å². The number of imidazole rings is 1. The molecule has 204 valence electrons. The van der Waals surface area contributed by atoms with E-state index < -0.39 is 12.3 Å². The highest BCUT2D eigenvalue weighted by atomic mass is 19.4. The zero-order chi connectivity index (χ0) is 27.4. The number of fused-ring (bicyclic) bond motifs is 1. The lowest BCUT2D eigenvalue weighted by Gasteiger charge is -2.33. The summed E-state index contributed by atoms with van der Waals surface area (Å²) < 4.78 is 48.3. The fraction of sp³-hybridized carbons (Fsp3) is 0.444. The smallest absolute Gasteiger partial charge is 0.469 e. The maximum Gasteiger partial charge on any atom is 0.573 e. The maximum atomic E-state index is 12.8. The topological polar surface area (TPSA) is 94.5 Å². The van der Waals surface area contributed by atoms with Crippen molar-refractivity contribution in [2.45, 2.75) is 51.9 Å². The second-order valence-electron chi connectivity index (χ2n) is 9.86. The summed E-state index contributed by atoms with van der Waals surface area (Å²) in [5, 5.41) is 5.98. The summed E-state index contributed by atoms with van der Waals surface area (Å²) in [4.78, 5) is 28.9. The molecular weight excluding hydrogens is 501 g/mol. The average molecular weight is 533 g/mol. The van der Waals surface area contributed by atoms with Crippen LogP contribution in [-0.4, -0.2) is 41.4 Å². The van der Waals surface area contributed by atoms with Gasteiger partial charge in [-0.2, -0.15) is 0 Å². The zero-order valence-corrected chi connectivity index (χ0v) is 21.5. The van der Waals surface area contributed by atoms with Crippen LogP contribution in [0.3, 0.4) is 0 Å². The highest BCUT2D eigenvalue weighted by Gasteiger charge is 2.31. The molecule has 0 radical (unpaired) electrons. The van der Waals surface area contributed by atoms with E-state index >= 15 is 0 Å². The van der Waals surface area contributed by atoms with Crippen molar-refractivity contribution in [2.24, 2.45) is 11.8 Å². The summed E-state index contributed by atoms with van der Waals surface area (Å²) in [5.74, 6) is 0.500. The standard InChI is InChI=1S/C27H31F3N4O4/c1-16-12-17(2)14-20(13-16)34-23-15-18(25(36)31-11-10-24(35)37-3)4-9-22(23)33-26(34)32-19-5-7-21(8-6-19)38-27(28,29)30/h4-9,15-17,20H,10-14H2,1-3H3,(H,31,36)(H,32,33). The zero-order valence-electron chi connectivity index (χ0n) is 21.5. The summed E-state index contributed by atoms with van der Waals surface area (Å²) in [6.07, 6.45) is -1.71. The van der Waals surface area contributed by atoms with Crippen molar-refractivity contribution in [3.05, 3.63) is 48.0 Å². The van der Waals surface area contributed by atoms with E-state index in [0.717, 1.165) is 24.8 Å². The number of carbonyl (C=O) groups excluding carboxylic acids is 2. The van der Waals surface area contributed by atoms with Gasteiger partial charge < -0.3 is 24.7 Å². The van der Waals surface area contributed by atoms with Crippen LogP contribution in [0.15, 0.2) is 42.5 Å². The Hall–Kier alpha value is -3.76. The number of hydrogen-bond donors (Lipinski definition) is 2. The van der Waals surface area contributed by atoms with Gasteiger partial charge in [-0.25, -0.2) is 4.98 Å². The number of nitrogens with one attached hydrogen (secondary N) is 2. The minimum absolute atomic E-state index is 0.0706. The van der Waals surface area contributed by atoms with Gasteiger partial charge in [-0.1, -0.05) is 13.8 Å². The van der Waals surface area contributed by atoms with Gasteiger partial charge in [-0.15, -0.1) is 13.2 Å². The molecule has 2 unspecified atom stereocenters. The van der Waals surface area contributed by atoms with Gasteiger partial charge in [-0.05, 0) is 73.6 Å². The van der Waals surface area contributed by atoms with Crippen LogP contribution in [-0.2, 0) is 9.53 Å². The summed E-state index contributed by atoms with van der Waals surface area (Å²) in [5.41, 5.74) is 2.44. The molecule has 4 rings (SSSR count). The number of halogens is 3. The van der Waals surface area contributed by atoms with E-state index in [4.69, 9.17) is 4.98 Å². The number of amides is 1. The summed E-state index contributed by atoms with van der Waals surface area (Å²) >= 11 is 0. The van der Waals surface area contributed by atoms with Crippen molar-refractivity contribution >= 4 is 34.5 Å². The fourth-order valence-corrected chi connectivity index (χ4v) is 5.16. The molecule has 1 aromatic heterocycles. The first-order valence-corrected chi connectivity index (χ1v) is 12.5. The summed E-state index contributed by atoms with van der Waals surface area (Å²) in [7, 11) is 1.29. The molecule has 3 aromatic rings. The Bertz CT molecular complexity index is 1280. The molecule has 2 aromatic carbocycles. The molecule has 11 heteroatoms. The van der Waals surface area contributed by atoms with Crippen LogP contribution >= 0.6 is 0 Å². The van der Waals surface area contributed by atoms with Gasteiger partial charge in [0.2, 0.25) is 5.95 Å². The van der Waals surface area contributed by atoms with Crippen LogP contribution in [0, 0.1) is 11.8 Å². The molecule has 2 atom stereocenters. The van der Waals surface area contributed by atoms with Crippen molar-refractivity contribution in [3.63, 3.8) is 0 Å². The minimum Gasteiger partial charge on any atom is -0.469 e. The molecule has 38 heavy (non-hydrogen) atoms. The van der Waals surface area contributed by atoms with Gasteiger partial charge in [0.25, 0.3) is 5.91 Å². The number of hydrogen-bond acceptors (Lipinski definition) is 6. The third-order valence-electron chi connectivity index (χ3n) is 6.66. The van der Waals surface area contributed by atoms with Crippen molar-refractivity contribution in [1.29, 1.82) is 0 Å². The van der Waals surface area contributed by atoms with Crippen LogP contribution in [0.1, 0.15) is 55.9 Å². The molecular formula is C27H31F3N4O4. The number of ether oxygens (including phenoxy) is 2. The molecule has 1 amide bonds. The molecule has 1 aliphatic rings. The molecule has 0 saturated heterocycles. The van der Waals surface area contributed by atoms with Gasteiger partial charge >= 0.3 is 12.3 Å². The SMILES string of the molecule is COC(=O)CCNC(=O)c1ccc2nc(Nc3ccc(OC(F)(F)F)cc3)n(C3CC(C)CC(C)C3)c2c1. The number of aromatic nitrogens is 2. The minimum atomic E-state index is -4.76. The molecule has 0 spiro atoms. The summed E-state index contributed by atoms with van der Waals surface area (Å²) in [6, 6.07) is 10.8. The average Bonchev–Trinajstić information content (AvgIpc) is 3.20. The molecule has 2 N–H and O–H groups in total. The molecule has 0 bridgehead atoms. The van der Waals surface area contributed by atoms with E-state index in [-0.39, 0.29) is 30.7 Å². The van der Waals surface area contributed by atoms with E-state index in [2.05, 4.69) is 38.5 Å². The van der Waals surface area contributed by atoms with Crippen molar-refractivity contribution < 1.29 is 32.2 Å². The third kappa shape index (κ3) is 6.76. The highest BCUT2D eigenvalue weighted by Crippen LogP contribution is 2.40. The molecule has 8 nitrogen and oxygen atoms in total. The van der Waals surface area contributed by atoms with Gasteiger partial charge in [0.1, 0.15) is 5.75 Å². The number of esters is 1. The van der Waals surface area contributed by atoms with E-state index in [1.807, 2.05) is 0 Å². The Morgan fingerprint density at radius 2 is 1.74 bits per heavy atom. The first kappa shape index (κ1) is 27.3.